The van der Waals surface area contributed by atoms with E-state index in [1.165, 1.54) is 11.3 Å². The van der Waals surface area contributed by atoms with Crippen molar-refractivity contribution in [2.75, 3.05) is 19.0 Å². The SMILES string of the molecule is CNc1nnc(COCC(F)F)s1. The van der Waals surface area contributed by atoms with Crippen LogP contribution in [0.5, 0.6) is 0 Å². The summed E-state index contributed by atoms with van der Waals surface area (Å²) in [4.78, 5) is 0. The van der Waals surface area contributed by atoms with Crippen molar-refractivity contribution in [1.82, 2.24) is 10.2 Å². The third-order valence-electron chi connectivity index (χ3n) is 1.15. The predicted molar refractivity (Wildman–Crippen MR) is 45.1 cm³/mol. The van der Waals surface area contributed by atoms with Crippen LogP contribution in [0.1, 0.15) is 5.01 Å². The molecule has 0 aromatic carbocycles. The van der Waals surface area contributed by atoms with Crippen molar-refractivity contribution in [1.29, 1.82) is 0 Å². The first-order valence-electron chi connectivity index (χ1n) is 3.58. The van der Waals surface area contributed by atoms with E-state index >= 15 is 0 Å². The van der Waals surface area contributed by atoms with E-state index in [0.717, 1.165) is 0 Å². The van der Waals surface area contributed by atoms with Gasteiger partial charge in [-0.05, 0) is 0 Å². The molecule has 0 saturated carbocycles. The molecule has 0 fully saturated rings. The first-order valence-corrected chi connectivity index (χ1v) is 4.40. The van der Waals surface area contributed by atoms with Gasteiger partial charge >= 0.3 is 0 Å². The van der Waals surface area contributed by atoms with Gasteiger partial charge in [0.05, 0.1) is 0 Å². The highest BCUT2D eigenvalue weighted by atomic mass is 32.1. The van der Waals surface area contributed by atoms with Gasteiger partial charge in [0, 0.05) is 7.05 Å². The van der Waals surface area contributed by atoms with Crippen molar-refractivity contribution in [3.05, 3.63) is 5.01 Å². The Kier molecular flexibility index (Phi) is 3.97. The Hall–Kier alpha value is -0.820. The highest BCUT2D eigenvalue weighted by Gasteiger charge is 2.05. The summed E-state index contributed by atoms with van der Waals surface area (Å²) in [5.41, 5.74) is 0. The van der Waals surface area contributed by atoms with Gasteiger partial charge in [-0.25, -0.2) is 8.78 Å². The number of nitrogens with zero attached hydrogens (tertiary/aromatic N) is 2. The average Bonchev–Trinajstić information content (AvgIpc) is 2.52. The summed E-state index contributed by atoms with van der Waals surface area (Å²) in [5, 5.41) is 11.5. The number of anilines is 1. The molecular formula is C6H9F2N3OS. The molecule has 7 heteroatoms. The lowest BCUT2D eigenvalue weighted by molar-refractivity contribution is 0.00968. The van der Waals surface area contributed by atoms with Gasteiger partial charge in [-0.15, -0.1) is 10.2 Å². The van der Waals surface area contributed by atoms with Crippen molar-refractivity contribution < 1.29 is 13.5 Å². The Bertz CT molecular complexity index is 256. The molecule has 0 spiro atoms. The Morgan fingerprint density at radius 1 is 1.54 bits per heavy atom. The summed E-state index contributed by atoms with van der Waals surface area (Å²) < 4.78 is 27.9. The van der Waals surface area contributed by atoms with Crippen LogP contribution >= 0.6 is 11.3 Å². The lowest BCUT2D eigenvalue weighted by Crippen LogP contribution is -2.03. The van der Waals surface area contributed by atoms with Gasteiger partial charge in [-0.2, -0.15) is 0 Å². The zero-order chi connectivity index (χ0) is 9.68. The predicted octanol–water partition coefficient (Wildman–Crippen LogP) is 1.36. The molecule has 0 aliphatic rings. The van der Waals surface area contributed by atoms with Crippen LogP contribution in [-0.4, -0.2) is 30.3 Å². The molecule has 0 amide bonds. The van der Waals surface area contributed by atoms with Crippen LogP contribution in [0.25, 0.3) is 0 Å². The number of halogens is 2. The Morgan fingerprint density at radius 3 is 2.85 bits per heavy atom. The maximum atomic E-state index is 11.6. The second-order valence-corrected chi connectivity index (χ2v) is 3.22. The molecule has 1 heterocycles. The number of aromatic nitrogens is 2. The van der Waals surface area contributed by atoms with Gasteiger partial charge in [0.2, 0.25) is 5.13 Å². The van der Waals surface area contributed by atoms with Gasteiger partial charge in [0.1, 0.15) is 18.2 Å². The van der Waals surface area contributed by atoms with E-state index in [9.17, 15) is 8.78 Å². The Morgan fingerprint density at radius 2 is 2.31 bits per heavy atom. The summed E-state index contributed by atoms with van der Waals surface area (Å²) in [6.45, 7) is -0.474. The Balaban J connectivity index is 2.28. The van der Waals surface area contributed by atoms with Gasteiger partial charge in [-0.1, -0.05) is 11.3 Å². The molecule has 0 aliphatic heterocycles. The molecule has 0 radical (unpaired) electrons. The molecule has 0 saturated heterocycles. The van der Waals surface area contributed by atoms with Crippen molar-refractivity contribution in [2.45, 2.75) is 13.0 Å². The summed E-state index contributed by atoms with van der Waals surface area (Å²) in [6.07, 6.45) is -2.43. The summed E-state index contributed by atoms with van der Waals surface area (Å²) in [7, 11) is 1.71. The van der Waals surface area contributed by atoms with Crippen LogP contribution in [0.4, 0.5) is 13.9 Å². The second kappa shape index (κ2) is 5.03. The lowest BCUT2D eigenvalue weighted by Gasteiger charge is -1.98. The number of nitrogens with one attached hydrogen (secondary N) is 1. The van der Waals surface area contributed by atoms with E-state index in [1.54, 1.807) is 7.05 Å². The monoisotopic (exact) mass is 209 g/mol. The standard InChI is InChI=1S/C6H9F2N3OS/c1-9-6-11-10-5(13-6)3-12-2-4(7)8/h4H,2-3H2,1H3,(H,9,11). The number of hydrogen-bond donors (Lipinski definition) is 1. The summed E-state index contributed by atoms with van der Waals surface area (Å²) >= 11 is 1.28. The molecule has 13 heavy (non-hydrogen) atoms. The molecule has 1 aromatic heterocycles. The molecule has 1 aromatic rings. The molecule has 4 nitrogen and oxygen atoms in total. The number of rotatable bonds is 5. The minimum Gasteiger partial charge on any atom is -0.368 e. The van der Waals surface area contributed by atoms with Crippen molar-refractivity contribution in [3.63, 3.8) is 0 Å². The van der Waals surface area contributed by atoms with E-state index in [4.69, 9.17) is 0 Å². The number of hydrogen-bond acceptors (Lipinski definition) is 5. The third-order valence-corrected chi connectivity index (χ3v) is 2.06. The van der Waals surface area contributed by atoms with Gasteiger partial charge in [0.25, 0.3) is 6.43 Å². The van der Waals surface area contributed by atoms with Crippen LogP contribution in [-0.2, 0) is 11.3 Å². The van der Waals surface area contributed by atoms with E-state index < -0.39 is 13.0 Å². The molecule has 0 unspecified atom stereocenters. The largest absolute Gasteiger partial charge is 0.368 e. The first-order chi connectivity index (χ1) is 6.22. The molecule has 1 N–H and O–H groups in total. The molecule has 1 rings (SSSR count). The zero-order valence-corrected chi connectivity index (χ0v) is 7.77. The van der Waals surface area contributed by atoms with E-state index in [2.05, 4.69) is 20.3 Å². The van der Waals surface area contributed by atoms with E-state index in [-0.39, 0.29) is 6.61 Å². The van der Waals surface area contributed by atoms with Gasteiger partial charge < -0.3 is 10.1 Å². The van der Waals surface area contributed by atoms with E-state index in [0.29, 0.717) is 10.1 Å². The molecule has 0 aliphatic carbocycles. The maximum Gasteiger partial charge on any atom is 0.261 e. The van der Waals surface area contributed by atoms with Crippen molar-refractivity contribution in [3.8, 4) is 0 Å². The highest BCUT2D eigenvalue weighted by molar-refractivity contribution is 7.15. The smallest absolute Gasteiger partial charge is 0.261 e. The van der Waals surface area contributed by atoms with Crippen molar-refractivity contribution in [2.24, 2.45) is 0 Å². The van der Waals surface area contributed by atoms with Crippen LogP contribution < -0.4 is 5.32 Å². The molecule has 0 bridgehead atoms. The summed E-state index contributed by atoms with van der Waals surface area (Å²) in [5.74, 6) is 0. The third kappa shape index (κ3) is 3.60. The minimum atomic E-state index is -2.43. The van der Waals surface area contributed by atoms with Crippen LogP contribution in [0.2, 0.25) is 0 Å². The topological polar surface area (TPSA) is 47.0 Å². The highest BCUT2D eigenvalue weighted by Crippen LogP contribution is 2.14. The lowest BCUT2D eigenvalue weighted by atomic mass is 10.7. The molecule has 74 valence electrons. The number of alkyl halides is 2. The van der Waals surface area contributed by atoms with Gasteiger partial charge in [-0.3, -0.25) is 0 Å². The van der Waals surface area contributed by atoms with E-state index in [1.807, 2.05) is 0 Å². The van der Waals surface area contributed by atoms with Gasteiger partial charge in [0.15, 0.2) is 0 Å². The normalized spacial score (nSPS) is 10.8. The van der Waals surface area contributed by atoms with Crippen LogP contribution in [0.15, 0.2) is 0 Å². The Labute approximate surface area is 77.9 Å². The fourth-order valence-electron chi connectivity index (χ4n) is 0.648. The minimum absolute atomic E-state index is 0.0870. The van der Waals surface area contributed by atoms with Crippen LogP contribution in [0.3, 0.4) is 0 Å². The fourth-order valence-corrected chi connectivity index (χ4v) is 1.28. The molecular weight excluding hydrogens is 200 g/mol. The number of ether oxygens (including phenoxy) is 1. The van der Waals surface area contributed by atoms with Crippen molar-refractivity contribution >= 4 is 16.5 Å². The average molecular weight is 209 g/mol. The zero-order valence-electron chi connectivity index (χ0n) is 6.96. The maximum absolute atomic E-state index is 11.6. The fraction of sp³-hybridized carbons (Fsp3) is 0.667. The first kappa shape index (κ1) is 10.3. The van der Waals surface area contributed by atoms with Crippen LogP contribution in [0, 0.1) is 0 Å². The quantitative estimate of drug-likeness (QED) is 0.795. The summed E-state index contributed by atoms with van der Waals surface area (Å²) in [6, 6.07) is 0. The second-order valence-electron chi connectivity index (χ2n) is 2.16. The molecule has 0 atom stereocenters.